The lowest BCUT2D eigenvalue weighted by atomic mass is 9.98. The minimum Gasteiger partial charge on any atom is -0.449 e. The number of aldehydes is 1. The number of halogens is 1. The van der Waals surface area contributed by atoms with Crippen LogP contribution >= 0.6 is 11.6 Å². The maximum atomic E-state index is 12.3. The summed E-state index contributed by atoms with van der Waals surface area (Å²) in [5.41, 5.74) is 5.51. The molecule has 0 saturated carbocycles. The van der Waals surface area contributed by atoms with E-state index in [4.69, 9.17) is 16.3 Å². The quantitative estimate of drug-likeness (QED) is 0.445. The Morgan fingerprint density at radius 3 is 2.18 bits per heavy atom. The molecule has 1 aliphatic carbocycles. The Balaban J connectivity index is 1.24. The number of carbonyl (C=O) groups is 3. The third-order valence-corrected chi connectivity index (χ3v) is 6.13. The van der Waals surface area contributed by atoms with Crippen LogP contribution in [0.3, 0.4) is 0 Å². The molecule has 2 amide bonds. The van der Waals surface area contributed by atoms with Crippen molar-refractivity contribution in [3.63, 3.8) is 0 Å². The summed E-state index contributed by atoms with van der Waals surface area (Å²) in [4.78, 5) is 35.9. The van der Waals surface area contributed by atoms with Crippen LogP contribution < -0.4 is 10.6 Å². The molecule has 0 fully saturated rings. The third-order valence-electron chi connectivity index (χ3n) is 5.87. The van der Waals surface area contributed by atoms with Gasteiger partial charge in [-0.1, -0.05) is 72.3 Å². The number of rotatable bonds is 9. The maximum absolute atomic E-state index is 12.3. The molecule has 1 unspecified atom stereocenters. The van der Waals surface area contributed by atoms with Gasteiger partial charge in [0.05, 0.1) is 0 Å². The van der Waals surface area contributed by atoms with Gasteiger partial charge in [-0.3, -0.25) is 4.79 Å². The van der Waals surface area contributed by atoms with Gasteiger partial charge in [0.25, 0.3) is 0 Å². The Hall–Kier alpha value is -3.64. The highest BCUT2D eigenvalue weighted by atomic mass is 35.5. The molecule has 0 spiro atoms. The largest absolute Gasteiger partial charge is 0.449 e. The van der Waals surface area contributed by atoms with E-state index in [-0.39, 0.29) is 31.4 Å². The van der Waals surface area contributed by atoms with Gasteiger partial charge in [-0.05, 0) is 46.4 Å². The summed E-state index contributed by atoms with van der Waals surface area (Å²) < 4.78 is 5.47. The molecular formula is C27H25ClN2O4. The number of hydrogen-bond donors (Lipinski definition) is 2. The predicted octanol–water partition coefficient (Wildman–Crippen LogP) is 4.50. The van der Waals surface area contributed by atoms with Gasteiger partial charge in [0.2, 0.25) is 5.91 Å². The van der Waals surface area contributed by atoms with Gasteiger partial charge in [-0.2, -0.15) is 0 Å². The molecule has 0 aliphatic heterocycles. The van der Waals surface area contributed by atoms with Crippen molar-refractivity contribution in [1.82, 2.24) is 10.6 Å². The van der Waals surface area contributed by atoms with E-state index in [1.807, 2.05) is 48.5 Å². The van der Waals surface area contributed by atoms with Gasteiger partial charge in [-0.15, -0.1) is 0 Å². The van der Waals surface area contributed by atoms with Gasteiger partial charge < -0.3 is 20.2 Å². The van der Waals surface area contributed by atoms with Crippen molar-refractivity contribution in [3.8, 4) is 11.1 Å². The molecule has 1 aliphatic rings. The number of amides is 2. The molecule has 7 heteroatoms. The van der Waals surface area contributed by atoms with Crippen molar-refractivity contribution in [2.45, 2.75) is 24.8 Å². The van der Waals surface area contributed by atoms with E-state index in [9.17, 15) is 14.4 Å². The Morgan fingerprint density at radius 2 is 1.56 bits per heavy atom. The lowest BCUT2D eigenvalue weighted by Gasteiger charge is -2.16. The number of aryl methyl sites for hydroxylation is 1. The van der Waals surface area contributed by atoms with E-state index in [0.29, 0.717) is 17.7 Å². The number of ether oxygens (including phenoxy) is 1. The number of benzene rings is 3. The minimum atomic E-state index is -0.835. The first-order valence-corrected chi connectivity index (χ1v) is 11.5. The molecule has 6 nitrogen and oxygen atoms in total. The maximum Gasteiger partial charge on any atom is 0.407 e. The molecular weight excluding hydrogens is 452 g/mol. The zero-order valence-electron chi connectivity index (χ0n) is 18.5. The SMILES string of the molecule is O=CC(CNC(=O)OCC1c2ccccc2-c2ccccc21)NC(=O)CCc1ccc(Cl)cc1. The number of hydrogen-bond acceptors (Lipinski definition) is 4. The van der Waals surface area contributed by atoms with Crippen molar-refractivity contribution in [3.05, 3.63) is 94.5 Å². The summed E-state index contributed by atoms with van der Waals surface area (Å²) in [5.74, 6) is -0.325. The lowest BCUT2D eigenvalue weighted by molar-refractivity contribution is -0.123. The molecule has 34 heavy (non-hydrogen) atoms. The molecule has 3 aromatic carbocycles. The van der Waals surface area contributed by atoms with Crippen molar-refractivity contribution >= 4 is 29.9 Å². The summed E-state index contributed by atoms with van der Waals surface area (Å²) in [5, 5.41) is 5.83. The second kappa shape index (κ2) is 11.0. The van der Waals surface area contributed by atoms with Crippen LogP contribution in [0.25, 0.3) is 11.1 Å². The van der Waals surface area contributed by atoms with Crippen LogP contribution in [-0.4, -0.2) is 37.5 Å². The molecule has 0 bridgehead atoms. The molecule has 0 aromatic heterocycles. The van der Waals surface area contributed by atoms with Crippen LogP contribution in [0.4, 0.5) is 4.79 Å². The number of alkyl carbamates (subject to hydrolysis) is 1. The molecule has 1 atom stereocenters. The zero-order chi connectivity index (χ0) is 23.9. The van der Waals surface area contributed by atoms with Gasteiger partial charge >= 0.3 is 6.09 Å². The Labute approximate surface area is 203 Å². The van der Waals surface area contributed by atoms with Crippen LogP contribution in [0, 0.1) is 0 Å². The average Bonchev–Trinajstić information content (AvgIpc) is 3.18. The fourth-order valence-corrected chi connectivity index (χ4v) is 4.29. The van der Waals surface area contributed by atoms with E-state index < -0.39 is 12.1 Å². The first-order valence-electron chi connectivity index (χ1n) is 11.1. The van der Waals surface area contributed by atoms with Crippen LogP contribution in [0.1, 0.15) is 29.0 Å². The highest BCUT2D eigenvalue weighted by Crippen LogP contribution is 2.44. The first kappa shape index (κ1) is 23.5. The van der Waals surface area contributed by atoms with Crippen molar-refractivity contribution in [2.24, 2.45) is 0 Å². The van der Waals surface area contributed by atoms with Crippen molar-refractivity contribution < 1.29 is 19.1 Å². The standard InChI is InChI=1S/C27H25ClN2O4/c28-19-12-9-18(10-13-19)11-14-26(32)30-20(16-31)15-29-27(33)34-17-25-23-7-3-1-5-21(23)22-6-2-4-8-24(22)25/h1-10,12-13,16,20,25H,11,14-15,17H2,(H,29,33)(H,30,32). The molecule has 0 radical (unpaired) electrons. The second-order valence-corrected chi connectivity index (χ2v) is 8.58. The molecule has 0 heterocycles. The average molecular weight is 477 g/mol. The van der Waals surface area contributed by atoms with E-state index in [1.165, 1.54) is 0 Å². The molecule has 2 N–H and O–H groups in total. The van der Waals surface area contributed by atoms with Crippen LogP contribution in [0.15, 0.2) is 72.8 Å². The fourth-order valence-electron chi connectivity index (χ4n) is 4.16. The highest BCUT2D eigenvalue weighted by Gasteiger charge is 2.29. The Morgan fingerprint density at radius 1 is 0.941 bits per heavy atom. The van der Waals surface area contributed by atoms with Gasteiger partial charge in [0.15, 0.2) is 0 Å². The summed E-state index contributed by atoms with van der Waals surface area (Å²) in [7, 11) is 0. The molecule has 3 aromatic rings. The molecule has 0 saturated heterocycles. The van der Waals surface area contributed by atoms with E-state index >= 15 is 0 Å². The van der Waals surface area contributed by atoms with Gasteiger partial charge in [0, 0.05) is 23.9 Å². The number of carbonyl (C=O) groups excluding carboxylic acids is 3. The molecule has 174 valence electrons. The zero-order valence-corrected chi connectivity index (χ0v) is 19.3. The topological polar surface area (TPSA) is 84.5 Å². The van der Waals surface area contributed by atoms with E-state index in [0.717, 1.165) is 27.8 Å². The third kappa shape index (κ3) is 5.64. The molecule has 4 rings (SSSR count). The predicted molar refractivity (Wildman–Crippen MR) is 131 cm³/mol. The first-order chi connectivity index (χ1) is 16.5. The smallest absolute Gasteiger partial charge is 0.407 e. The van der Waals surface area contributed by atoms with Crippen LogP contribution in [0.5, 0.6) is 0 Å². The number of fused-ring (bicyclic) bond motifs is 3. The van der Waals surface area contributed by atoms with Crippen LogP contribution in [-0.2, 0) is 20.7 Å². The summed E-state index contributed by atoms with van der Waals surface area (Å²) in [6.07, 6.45) is 0.707. The Kier molecular flexibility index (Phi) is 7.60. The summed E-state index contributed by atoms with van der Waals surface area (Å²) >= 11 is 5.86. The van der Waals surface area contributed by atoms with Crippen LogP contribution in [0.2, 0.25) is 5.02 Å². The normalized spacial score (nSPS) is 12.9. The highest BCUT2D eigenvalue weighted by molar-refractivity contribution is 6.30. The summed E-state index contributed by atoms with van der Waals surface area (Å²) in [6, 6.07) is 22.6. The monoisotopic (exact) mass is 476 g/mol. The second-order valence-electron chi connectivity index (χ2n) is 8.14. The van der Waals surface area contributed by atoms with E-state index in [1.54, 1.807) is 12.1 Å². The van der Waals surface area contributed by atoms with E-state index in [2.05, 4.69) is 22.8 Å². The minimum absolute atomic E-state index is 0.0485. The fraction of sp³-hybridized carbons (Fsp3) is 0.222. The lowest BCUT2D eigenvalue weighted by Crippen LogP contribution is -2.45. The Bertz CT molecular complexity index is 1130. The van der Waals surface area contributed by atoms with Crippen molar-refractivity contribution in [2.75, 3.05) is 13.2 Å². The number of nitrogens with one attached hydrogen (secondary N) is 2. The van der Waals surface area contributed by atoms with Crippen molar-refractivity contribution in [1.29, 1.82) is 0 Å². The van der Waals surface area contributed by atoms with Gasteiger partial charge in [-0.25, -0.2) is 4.79 Å². The summed E-state index contributed by atoms with van der Waals surface area (Å²) in [6.45, 7) is 0.131. The van der Waals surface area contributed by atoms with Gasteiger partial charge in [0.1, 0.15) is 18.9 Å².